The molecule has 6 nitrogen and oxygen atoms in total. The number of carbonyl (C=O) groups excluding carboxylic acids is 1. The zero-order valence-electron chi connectivity index (χ0n) is 9.27. The monoisotopic (exact) mass is 237 g/mol. The van der Waals surface area contributed by atoms with Gasteiger partial charge in [0, 0.05) is 13.0 Å². The number of aromatic carboxylic acids is 1. The number of nitrogens with one attached hydrogen (secondary N) is 1. The van der Waals surface area contributed by atoms with E-state index in [0.717, 1.165) is 0 Å². The number of nitrogens with two attached hydrogens (primary N) is 2. The smallest absolute Gasteiger partial charge is 0.335 e. The van der Waals surface area contributed by atoms with Crippen LogP contribution >= 0.6 is 0 Å². The van der Waals surface area contributed by atoms with E-state index in [1.165, 1.54) is 18.2 Å². The van der Waals surface area contributed by atoms with Crippen LogP contribution in [-0.2, 0) is 4.79 Å². The van der Waals surface area contributed by atoms with E-state index in [4.69, 9.17) is 16.6 Å². The van der Waals surface area contributed by atoms with Gasteiger partial charge in [0.2, 0.25) is 5.91 Å². The van der Waals surface area contributed by atoms with E-state index < -0.39 is 5.97 Å². The molecule has 1 aromatic carbocycles. The molecule has 0 radical (unpaired) electrons. The van der Waals surface area contributed by atoms with Crippen molar-refractivity contribution in [2.24, 2.45) is 5.73 Å². The average Bonchev–Trinajstić information content (AvgIpc) is 2.25. The molecule has 0 heterocycles. The predicted octanol–water partition coefficient (Wildman–Crippen LogP) is 0.644. The Morgan fingerprint density at radius 2 is 2.06 bits per heavy atom. The van der Waals surface area contributed by atoms with Gasteiger partial charge in [-0.3, -0.25) is 4.79 Å². The van der Waals surface area contributed by atoms with Crippen LogP contribution in [0.2, 0.25) is 0 Å². The van der Waals surface area contributed by atoms with Crippen molar-refractivity contribution in [3.05, 3.63) is 23.8 Å². The lowest BCUT2D eigenvalue weighted by atomic mass is 10.1. The summed E-state index contributed by atoms with van der Waals surface area (Å²) in [6.45, 7) is 0.510. The van der Waals surface area contributed by atoms with E-state index in [1.54, 1.807) is 0 Å². The summed E-state index contributed by atoms with van der Waals surface area (Å²) < 4.78 is 0. The second-order valence-corrected chi connectivity index (χ2v) is 3.60. The van der Waals surface area contributed by atoms with Crippen molar-refractivity contribution in [2.45, 2.75) is 12.8 Å². The number of carboxylic acids is 1. The first kappa shape index (κ1) is 12.8. The van der Waals surface area contributed by atoms with Gasteiger partial charge < -0.3 is 21.9 Å². The third-order valence-electron chi connectivity index (χ3n) is 2.22. The maximum absolute atomic E-state index is 10.8. The predicted molar refractivity (Wildman–Crippen MR) is 64.7 cm³/mol. The third kappa shape index (κ3) is 4.02. The average molecular weight is 237 g/mol. The van der Waals surface area contributed by atoms with Crippen LogP contribution in [0.3, 0.4) is 0 Å². The molecule has 1 aromatic rings. The zero-order valence-corrected chi connectivity index (χ0v) is 9.27. The molecule has 0 saturated heterocycles. The summed E-state index contributed by atoms with van der Waals surface area (Å²) in [5.41, 5.74) is 11.9. The van der Waals surface area contributed by atoms with Crippen molar-refractivity contribution >= 4 is 23.3 Å². The van der Waals surface area contributed by atoms with Gasteiger partial charge in [-0.1, -0.05) is 0 Å². The van der Waals surface area contributed by atoms with Crippen LogP contribution in [0.4, 0.5) is 11.4 Å². The van der Waals surface area contributed by atoms with Gasteiger partial charge in [0.25, 0.3) is 0 Å². The van der Waals surface area contributed by atoms with Crippen molar-refractivity contribution in [3.8, 4) is 0 Å². The number of hydrogen-bond donors (Lipinski definition) is 4. The lowest BCUT2D eigenvalue weighted by molar-refractivity contribution is -0.118. The number of hydrogen-bond acceptors (Lipinski definition) is 4. The van der Waals surface area contributed by atoms with Crippen molar-refractivity contribution in [3.63, 3.8) is 0 Å². The summed E-state index contributed by atoms with van der Waals surface area (Å²) >= 11 is 0. The van der Waals surface area contributed by atoms with E-state index >= 15 is 0 Å². The summed E-state index contributed by atoms with van der Waals surface area (Å²) in [5.74, 6) is -1.37. The van der Waals surface area contributed by atoms with Gasteiger partial charge in [0.1, 0.15) is 0 Å². The number of carbonyl (C=O) groups is 2. The van der Waals surface area contributed by atoms with Crippen LogP contribution in [0.5, 0.6) is 0 Å². The summed E-state index contributed by atoms with van der Waals surface area (Å²) in [4.78, 5) is 21.3. The highest BCUT2D eigenvalue weighted by molar-refractivity contribution is 5.90. The lowest BCUT2D eigenvalue weighted by Gasteiger charge is -2.09. The second-order valence-electron chi connectivity index (χ2n) is 3.60. The molecular weight excluding hydrogens is 222 g/mol. The Kier molecular flexibility index (Phi) is 4.33. The molecule has 1 amide bonds. The summed E-state index contributed by atoms with van der Waals surface area (Å²) in [5, 5.41) is 11.8. The molecule has 0 spiro atoms. The van der Waals surface area contributed by atoms with E-state index in [0.29, 0.717) is 24.3 Å². The highest BCUT2D eigenvalue weighted by Gasteiger charge is 2.06. The summed E-state index contributed by atoms with van der Waals surface area (Å²) in [6, 6.07) is 4.42. The molecule has 6 N–H and O–H groups in total. The number of primary amides is 1. The number of amides is 1. The summed E-state index contributed by atoms with van der Waals surface area (Å²) in [7, 11) is 0. The van der Waals surface area contributed by atoms with E-state index in [-0.39, 0.29) is 17.9 Å². The number of anilines is 2. The minimum atomic E-state index is -1.01. The largest absolute Gasteiger partial charge is 0.478 e. The van der Waals surface area contributed by atoms with E-state index in [2.05, 4.69) is 5.32 Å². The van der Waals surface area contributed by atoms with Crippen LogP contribution < -0.4 is 16.8 Å². The van der Waals surface area contributed by atoms with Gasteiger partial charge in [0.05, 0.1) is 16.9 Å². The van der Waals surface area contributed by atoms with Crippen LogP contribution in [0, 0.1) is 0 Å². The molecule has 0 fully saturated rings. The fourth-order valence-corrected chi connectivity index (χ4v) is 1.33. The second kappa shape index (κ2) is 5.74. The lowest BCUT2D eigenvalue weighted by Crippen LogP contribution is -2.13. The quantitative estimate of drug-likeness (QED) is 0.427. The van der Waals surface area contributed by atoms with Crippen molar-refractivity contribution in [1.29, 1.82) is 0 Å². The SMILES string of the molecule is NC(=O)CCCNc1cc(C(=O)O)ccc1N. The topological polar surface area (TPSA) is 118 Å². The minimum Gasteiger partial charge on any atom is -0.478 e. The minimum absolute atomic E-state index is 0.164. The summed E-state index contributed by atoms with van der Waals surface area (Å²) in [6.07, 6.45) is 0.859. The molecule has 17 heavy (non-hydrogen) atoms. The first-order chi connectivity index (χ1) is 8.00. The van der Waals surface area contributed by atoms with Gasteiger partial charge in [-0.05, 0) is 24.6 Å². The molecule has 0 saturated carbocycles. The fraction of sp³-hybridized carbons (Fsp3) is 0.273. The molecule has 0 aliphatic carbocycles. The van der Waals surface area contributed by atoms with Crippen LogP contribution in [0.15, 0.2) is 18.2 Å². The third-order valence-corrected chi connectivity index (χ3v) is 2.22. The maximum Gasteiger partial charge on any atom is 0.335 e. The number of rotatable bonds is 6. The Labute approximate surface area is 98.6 Å². The van der Waals surface area contributed by atoms with E-state index in [9.17, 15) is 9.59 Å². The molecule has 1 rings (SSSR count). The molecule has 92 valence electrons. The highest BCUT2D eigenvalue weighted by atomic mass is 16.4. The van der Waals surface area contributed by atoms with E-state index in [1.807, 2.05) is 0 Å². The molecule has 0 aliphatic heterocycles. The Morgan fingerprint density at radius 3 is 2.65 bits per heavy atom. The van der Waals surface area contributed by atoms with Gasteiger partial charge in [-0.15, -0.1) is 0 Å². The molecule has 6 heteroatoms. The Balaban J connectivity index is 2.60. The van der Waals surface area contributed by atoms with Crippen LogP contribution in [0.25, 0.3) is 0 Å². The fourth-order valence-electron chi connectivity index (χ4n) is 1.33. The standard InChI is InChI=1S/C11H15N3O3/c12-8-4-3-7(11(16)17)6-9(8)14-5-1-2-10(13)15/h3-4,6,14H,1-2,5,12H2,(H2,13,15)(H,16,17). The zero-order chi connectivity index (χ0) is 12.8. The van der Waals surface area contributed by atoms with Gasteiger partial charge >= 0.3 is 5.97 Å². The molecule has 0 unspecified atom stereocenters. The Morgan fingerprint density at radius 1 is 1.35 bits per heavy atom. The molecule has 0 atom stereocenters. The van der Waals surface area contributed by atoms with Crippen molar-refractivity contribution in [1.82, 2.24) is 0 Å². The molecular formula is C11H15N3O3. The Bertz CT molecular complexity index is 432. The maximum atomic E-state index is 10.8. The first-order valence-corrected chi connectivity index (χ1v) is 5.15. The van der Waals surface area contributed by atoms with Crippen molar-refractivity contribution in [2.75, 3.05) is 17.6 Å². The number of nitrogen functional groups attached to an aromatic ring is 1. The van der Waals surface area contributed by atoms with Crippen LogP contribution in [-0.4, -0.2) is 23.5 Å². The first-order valence-electron chi connectivity index (χ1n) is 5.15. The number of benzene rings is 1. The Hall–Kier alpha value is -2.24. The molecule has 0 aromatic heterocycles. The molecule has 0 aliphatic rings. The van der Waals surface area contributed by atoms with Gasteiger partial charge in [-0.2, -0.15) is 0 Å². The number of carboxylic acid groups (broad SMARTS) is 1. The van der Waals surface area contributed by atoms with Crippen LogP contribution in [0.1, 0.15) is 23.2 Å². The normalized spacial score (nSPS) is 9.88. The highest BCUT2D eigenvalue weighted by Crippen LogP contribution is 2.20. The van der Waals surface area contributed by atoms with Gasteiger partial charge in [0.15, 0.2) is 0 Å². The molecule has 0 bridgehead atoms. The van der Waals surface area contributed by atoms with Gasteiger partial charge in [-0.25, -0.2) is 4.79 Å². The van der Waals surface area contributed by atoms with Crippen molar-refractivity contribution < 1.29 is 14.7 Å².